The zero-order chi connectivity index (χ0) is 10.4. The van der Waals surface area contributed by atoms with Gasteiger partial charge >= 0.3 is 5.69 Å². The highest BCUT2D eigenvalue weighted by atomic mass is 16.3. The van der Waals surface area contributed by atoms with Crippen molar-refractivity contribution in [2.45, 2.75) is 0 Å². The minimum absolute atomic E-state index is 0.244. The molecule has 0 amide bonds. The second-order valence-electron chi connectivity index (χ2n) is 3.17. The molecule has 1 aromatic carbocycles. The normalized spacial score (nSPS) is 11.2. The van der Waals surface area contributed by atoms with Crippen molar-refractivity contribution in [3.05, 3.63) is 34.7 Å². The molecule has 0 aliphatic heterocycles. The first kappa shape index (κ1) is 8.05. The fraction of sp³-hybridized carbons (Fsp3) is 0. The SMILES string of the molecule is O=c1nc(O)c2c([nH]1)oc1ccccc12. The molecule has 0 fully saturated rings. The van der Waals surface area contributed by atoms with Crippen LogP contribution in [0.3, 0.4) is 0 Å². The quantitative estimate of drug-likeness (QED) is 0.577. The van der Waals surface area contributed by atoms with E-state index in [1.807, 2.05) is 12.1 Å². The van der Waals surface area contributed by atoms with Crippen LogP contribution in [0.5, 0.6) is 5.88 Å². The Morgan fingerprint density at radius 2 is 2.13 bits per heavy atom. The van der Waals surface area contributed by atoms with Crippen molar-refractivity contribution < 1.29 is 9.52 Å². The molecule has 2 aromatic heterocycles. The molecule has 0 saturated carbocycles. The summed E-state index contributed by atoms with van der Waals surface area (Å²) < 4.78 is 5.36. The average Bonchev–Trinajstić information content (AvgIpc) is 2.54. The Hall–Kier alpha value is -2.30. The van der Waals surface area contributed by atoms with Gasteiger partial charge in [0.1, 0.15) is 11.0 Å². The average molecular weight is 202 g/mol. The van der Waals surface area contributed by atoms with Crippen LogP contribution in [0.1, 0.15) is 0 Å². The number of aromatic amines is 1. The van der Waals surface area contributed by atoms with Crippen LogP contribution in [-0.4, -0.2) is 15.1 Å². The number of nitrogens with zero attached hydrogens (tertiary/aromatic N) is 1. The van der Waals surface area contributed by atoms with E-state index in [2.05, 4.69) is 9.97 Å². The maximum absolute atomic E-state index is 11.0. The van der Waals surface area contributed by atoms with Gasteiger partial charge in [0, 0.05) is 5.39 Å². The predicted octanol–water partition coefficient (Wildman–Crippen LogP) is 1.37. The van der Waals surface area contributed by atoms with Gasteiger partial charge in [-0.2, -0.15) is 4.98 Å². The maximum atomic E-state index is 11.0. The van der Waals surface area contributed by atoms with Gasteiger partial charge in [-0.3, -0.25) is 4.98 Å². The summed E-state index contributed by atoms with van der Waals surface area (Å²) >= 11 is 0. The fourth-order valence-electron chi connectivity index (χ4n) is 1.63. The van der Waals surface area contributed by atoms with Gasteiger partial charge in [-0.25, -0.2) is 4.79 Å². The fourth-order valence-corrected chi connectivity index (χ4v) is 1.63. The molecular formula is C10H6N2O3. The molecule has 0 spiro atoms. The second-order valence-corrected chi connectivity index (χ2v) is 3.17. The Balaban J connectivity index is 2.67. The predicted molar refractivity (Wildman–Crippen MR) is 53.8 cm³/mol. The van der Waals surface area contributed by atoms with Gasteiger partial charge in [0.05, 0.1) is 0 Å². The van der Waals surface area contributed by atoms with E-state index >= 15 is 0 Å². The Bertz CT molecular complexity index is 711. The zero-order valence-corrected chi connectivity index (χ0v) is 7.52. The molecule has 2 N–H and O–H groups in total. The molecule has 3 rings (SSSR count). The molecule has 5 heteroatoms. The van der Waals surface area contributed by atoms with Crippen molar-refractivity contribution >= 4 is 22.1 Å². The number of aromatic hydroxyl groups is 1. The molecule has 2 heterocycles. The molecule has 0 bridgehead atoms. The highest BCUT2D eigenvalue weighted by Gasteiger charge is 2.12. The second kappa shape index (κ2) is 2.60. The van der Waals surface area contributed by atoms with Crippen molar-refractivity contribution in [2.75, 3.05) is 0 Å². The molecule has 3 aromatic rings. The Labute approximate surface area is 83.0 Å². The van der Waals surface area contributed by atoms with E-state index in [4.69, 9.17) is 4.42 Å². The summed E-state index contributed by atoms with van der Waals surface area (Å²) in [5, 5.41) is 10.7. The van der Waals surface area contributed by atoms with Crippen molar-refractivity contribution in [3.63, 3.8) is 0 Å². The van der Waals surface area contributed by atoms with E-state index in [0.717, 1.165) is 5.39 Å². The van der Waals surface area contributed by atoms with Crippen molar-refractivity contribution in [1.82, 2.24) is 9.97 Å². The lowest BCUT2D eigenvalue weighted by atomic mass is 10.2. The van der Waals surface area contributed by atoms with E-state index in [9.17, 15) is 9.90 Å². The van der Waals surface area contributed by atoms with Crippen LogP contribution in [-0.2, 0) is 0 Å². The topological polar surface area (TPSA) is 79.1 Å². The molecule has 0 saturated heterocycles. The number of hydrogen-bond acceptors (Lipinski definition) is 4. The standard InChI is InChI=1S/C10H6N2O3/c13-8-7-5-3-1-2-4-6(5)15-9(7)12-10(14)11-8/h1-4H,(H2,11,12,13,14). The van der Waals surface area contributed by atoms with Gasteiger partial charge in [-0.15, -0.1) is 0 Å². The molecule has 0 aliphatic carbocycles. The van der Waals surface area contributed by atoms with Crippen LogP contribution in [0, 0.1) is 0 Å². The van der Waals surface area contributed by atoms with Gasteiger partial charge in [0.2, 0.25) is 11.6 Å². The van der Waals surface area contributed by atoms with Crippen molar-refractivity contribution in [2.24, 2.45) is 0 Å². The van der Waals surface area contributed by atoms with Crippen LogP contribution < -0.4 is 5.69 Å². The summed E-state index contributed by atoms with van der Waals surface area (Å²) in [5.74, 6) is -0.307. The van der Waals surface area contributed by atoms with Crippen molar-refractivity contribution in [1.29, 1.82) is 0 Å². The molecule has 0 radical (unpaired) electrons. The Morgan fingerprint density at radius 3 is 3.00 bits per heavy atom. The number of H-pyrrole nitrogens is 1. The molecule has 5 nitrogen and oxygen atoms in total. The van der Waals surface area contributed by atoms with Crippen LogP contribution in [0.2, 0.25) is 0 Å². The number of para-hydroxylation sites is 1. The number of hydrogen-bond donors (Lipinski definition) is 2. The largest absolute Gasteiger partial charge is 0.493 e. The number of rotatable bonds is 0. The third-order valence-electron chi connectivity index (χ3n) is 2.25. The van der Waals surface area contributed by atoms with E-state index < -0.39 is 5.69 Å². The number of furan rings is 1. The summed E-state index contributed by atoms with van der Waals surface area (Å²) in [4.78, 5) is 16.8. The third-order valence-corrected chi connectivity index (χ3v) is 2.25. The summed E-state index contributed by atoms with van der Waals surface area (Å²) in [6.45, 7) is 0. The van der Waals surface area contributed by atoms with E-state index in [1.54, 1.807) is 12.1 Å². The minimum atomic E-state index is -0.626. The monoisotopic (exact) mass is 202 g/mol. The van der Waals surface area contributed by atoms with Crippen LogP contribution in [0.4, 0.5) is 0 Å². The first-order chi connectivity index (χ1) is 7.25. The first-order valence-electron chi connectivity index (χ1n) is 4.36. The third kappa shape index (κ3) is 1.03. The van der Waals surface area contributed by atoms with Crippen LogP contribution >= 0.6 is 0 Å². The first-order valence-corrected chi connectivity index (χ1v) is 4.36. The van der Waals surface area contributed by atoms with E-state index in [-0.39, 0.29) is 11.6 Å². The van der Waals surface area contributed by atoms with Crippen molar-refractivity contribution in [3.8, 4) is 5.88 Å². The summed E-state index contributed by atoms with van der Waals surface area (Å²) in [7, 11) is 0. The summed E-state index contributed by atoms with van der Waals surface area (Å²) in [5.41, 5.74) is 0.221. The Kier molecular flexibility index (Phi) is 1.39. The number of aromatic nitrogens is 2. The van der Waals surface area contributed by atoms with Gasteiger partial charge in [0.15, 0.2) is 0 Å². The highest BCUT2D eigenvalue weighted by molar-refractivity contribution is 6.05. The highest BCUT2D eigenvalue weighted by Crippen LogP contribution is 2.30. The molecule has 15 heavy (non-hydrogen) atoms. The lowest BCUT2D eigenvalue weighted by Gasteiger charge is -1.90. The molecule has 0 unspecified atom stereocenters. The smallest absolute Gasteiger partial charge is 0.351 e. The summed E-state index contributed by atoms with van der Waals surface area (Å²) in [6.07, 6.45) is 0. The number of benzene rings is 1. The number of nitrogens with one attached hydrogen (secondary N) is 1. The van der Waals surface area contributed by atoms with Gasteiger partial charge < -0.3 is 9.52 Å². The zero-order valence-electron chi connectivity index (χ0n) is 7.52. The molecule has 0 aliphatic rings. The van der Waals surface area contributed by atoms with E-state index in [0.29, 0.717) is 11.0 Å². The Morgan fingerprint density at radius 1 is 1.33 bits per heavy atom. The van der Waals surface area contributed by atoms with Crippen LogP contribution in [0.15, 0.2) is 33.5 Å². The minimum Gasteiger partial charge on any atom is -0.493 e. The maximum Gasteiger partial charge on any atom is 0.351 e. The molecule has 74 valence electrons. The number of fused-ring (bicyclic) bond motifs is 3. The summed E-state index contributed by atoms with van der Waals surface area (Å²) in [6, 6.07) is 7.18. The van der Waals surface area contributed by atoms with E-state index in [1.165, 1.54) is 0 Å². The molecule has 0 atom stereocenters. The van der Waals surface area contributed by atoms with Crippen LogP contribution in [0.25, 0.3) is 22.1 Å². The van der Waals surface area contributed by atoms with Gasteiger partial charge in [-0.05, 0) is 6.07 Å². The molecular weight excluding hydrogens is 196 g/mol. The lowest BCUT2D eigenvalue weighted by Crippen LogP contribution is -2.08. The lowest BCUT2D eigenvalue weighted by molar-refractivity contribution is 0.456. The van der Waals surface area contributed by atoms with Gasteiger partial charge in [0.25, 0.3) is 0 Å². The van der Waals surface area contributed by atoms with Gasteiger partial charge in [-0.1, -0.05) is 18.2 Å².